The van der Waals surface area contributed by atoms with E-state index >= 15 is 0 Å². The first-order valence-corrected chi connectivity index (χ1v) is 15.0. The molecule has 3 atom stereocenters. The number of rotatable bonds is 8. The molecule has 3 aromatic carbocycles. The first kappa shape index (κ1) is 29.2. The smallest absolute Gasteiger partial charge is 0.332 e. The minimum Gasteiger partial charge on any atom is -0.480 e. The molecule has 0 spiro atoms. The number of H-pyrrole nitrogens is 1. The Labute approximate surface area is 255 Å². The highest BCUT2D eigenvalue weighted by Crippen LogP contribution is 2.45. The average Bonchev–Trinajstić information content (AvgIpc) is 3.49. The summed E-state index contributed by atoms with van der Waals surface area (Å²) in [5.74, 6) is -1.86. The second-order valence-corrected chi connectivity index (χ2v) is 12.4. The summed E-state index contributed by atoms with van der Waals surface area (Å²) in [6.07, 6.45) is 0.564. The third kappa shape index (κ3) is 4.92. The number of carboxylic acid groups (broad SMARTS) is 1. The zero-order valence-corrected chi connectivity index (χ0v) is 25.2. The Balaban J connectivity index is 1.42. The van der Waals surface area contributed by atoms with Crippen molar-refractivity contribution < 1.29 is 24.3 Å². The molecule has 3 heterocycles. The van der Waals surface area contributed by atoms with Gasteiger partial charge in [-0.3, -0.25) is 14.5 Å². The van der Waals surface area contributed by atoms with Gasteiger partial charge in [0.2, 0.25) is 0 Å². The number of carboxylic acids is 1. The number of fused-ring (bicyclic) bond motifs is 4. The molecule has 226 valence electrons. The van der Waals surface area contributed by atoms with Crippen LogP contribution in [0.25, 0.3) is 10.9 Å². The van der Waals surface area contributed by atoms with Gasteiger partial charge < -0.3 is 15.4 Å². The van der Waals surface area contributed by atoms with E-state index in [0.717, 1.165) is 32.6 Å². The van der Waals surface area contributed by atoms with Crippen molar-refractivity contribution in [2.75, 3.05) is 4.90 Å². The van der Waals surface area contributed by atoms with Crippen molar-refractivity contribution in [3.8, 4) is 0 Å². The van der Waals surface area contributed by atoms with Gasteiger partial charge >= 0.3 is 12.0 Å². The summed E-state index contributed by atoms with van der Waals surface area (Å²) in [7, 11) is 0. The molecule has 3 N–H and O–H groups in total. The van der Waals surface area contributed by atoms with Crippen molar-refractivity contribution in [1.82, 2.24) is 15.2 Å². The van der Waals surface area contributed by atoms with E-state index in [-0.39, 0.29) is 23.6 Å². The van der Waals surface area contributed by atoms with Crippen LogP contribution in [0, 0.1) is 5.92 Å². The number of benzene rings is 3. The summed E-state index contributed by atoms with van der Waals surface area (Å²) in [5, 5.41) is 13.3. The summed E-state index contributed by atoms with van der Waals surface area (Å²) in [6, 6.07) is 19.4. The van der Waals surface area contributed by atoms with Crippen molar-refractivity contribution >= 4 is 40.4 Å². The Kier molecular flexibility index (Phi) is 7.49. The van der Waals surface area contributed by atoms with Crippen LogP contribution in [-0.4, -0.2) is 50.9 Å². The summed E-state index contributed by atoms with van der Waals surface area (Å²) in [5.41, 5.74) is 5.03. The van der Waals surface area contributed by atoms with E-state index in [1.165, 1.54) is 11.6 Å². The highest BCUT2D eigenvalue weighted by Gasteiger charge is 2.53. The molecule has 4 aromatic rings. The highest BCUT2D eigenvalue weighted by atomic mass is 16.4. The number of para-hydroxylation sites is 2. The Morgan fingerprint density at radius 2 is 1.64 bits per heavy atom. The second kappa shape index (κ2) is 11.3. The average molecular weight is 593 g/mol. The molecular weight excluding hydrogens is 556 g/mol. The molecule has 9 heteroatoms. The van der Waals surface area contributed by atoms with Crippen LogP contribution in [0.5, 0.6) is 0 Å². The summed E-state index contributed by atoms with van der Waals surface area (Å²) in [4.78, 5) is 60.2. The van der Waals surface area contributed by atoms with Gasteiger partial charge in [0.05, 0.1) is 11.3 Å². The van der Waals surface area contributed by atoms with Crippen LogP contribution in [-0.2, 0) is 16.0 Å². The van der Waals surface area contributed by atoms with Gasteiger partial charge in [0.1, 0.15) is 18.1 Å². The van der Waals surface area contributed by atoms with Crippen molar-refractivity contribution in [3.05, 3.63) is 101 Å². The van der Waals surface area contributed by atoms with Crippen LogP contribution in [0.15, 0.2) is 72.8 Å². The summed E-state index contributed by atoms with van der Waals surface area (Å²) < 4.78 is 0. The minimum absolute atomic E-state index is 0.0315. The number of nitrogens with zero attached hydrogens (tertiary/aromatic N) is 2. The van der Waals surface area contributed by atoms with Crippen LogP contribution in [0.3, 0.4) is 0 Å². The van der Waals surface area contributed by atoms with Crippen molar-refractivity contribution in [2.45, 2.75) is 64.6 Å². The number of amides is 4. The highest BCUT2D eigenvalue weighted by molar-refractivity contribution is 6.24. The normalized spacial score (nSPS) is 18.6. The zero-order chi connectivity index (χ0) is 31.3. The molecule has 1 fully saturated rings. The van der Waals surface area contributed by atoms with Gasteiger partial charge in [-0.05, 0) is 53.1 Å². The Morgan fingerprint density at radius 3 is 2.32 bits per heavy atom. The first-order chi connectivity index (χ1) is 21.1. The van der Waals surface area contributed by atoms with Gasteiger partial charge in [-0.15, -0.1) is 0 Å². The fraction of sp³-hybridized carbons (Fsp3) is 0.314. The SMILES string of the molecule is CC(C)C[C@@H](NC(=O)c1ccccc1N1C(=O)[C@@H]2Cc3c([nH]c4ccccc34)C(c3ccc(C(C)C)cc3)N2C1=O)C(=O)O. The quantitative estimate of drug-likeness (QED) is 0.217. The molecular formula is C35H36N4O5. The first-order valence-electron chi connectivity index (χ1n) is 15.0. The van der Waals surface area contributed by atoms with Crippen LogP contribution >= 0.6 is 0 Å². The molecule has 1 aromatic heterocycles. The largest absolute Gasteiger partial charge is 0.480 e. The number of carbonyl (C=O) groups is 4. The number of nitrogens with one attached hydrogen (secondary N) is 2. The minimum atomic E-state index is -1.14. The van der Waals surface area contributed by atoms with Gasteiger partial charge in [0.25, 0.3) is 11.8 Å². The predicted octanol–water partition coefficient (Wildman–Crippen LogP) is 6.00. The number of carbonyl (C=O) groups excluding carboxylic acids is 3. The number of hydrogen-bond donors (Lipinski definition) is 3. The monoisotopic (exact) mass is 592 g/mol. The van der Waals surface area contributed by atoms with Crippen LogP contribution in [0.4, 0.5) is 10.5 Å². The summed E-state index contributed by atoms with van der Waals surface area (Å²) >= 11 is 0. The van der Waals surface area contributed by atoms with Gasteiger partial charge in [0.15, 0.2) is 0 Å². The lowest BCUT2D eigenvalue weighted by atomic mass is 9.88. The molecule has 0 radical (unpaired) electrons. The molecule has 0 aliphatic carbocycles. The van der Waals surface area contributed by atoms with Gasteiger partial charge in [-0.2, -0.15) is 0 Å². The molecule has 44 heavy (non-hydrogen) atoms. The number of urea groups is 1. The molecule has 2 aliphatic rings. The van der Waals surface area contributed by atoms with Crippen LogP contribution in [0.2, 0.25) is 0 Å². The number of hydrogen-bond acceptors (Lipinski definition) is 4. The maximum absolute atomic E-state index is 14.4. The third-order valence-electron chi connectivity index (χ3n) is 8.67. The fourth-order valence-corrected chi connectivity index (χ4v) is 6.50. The number of aromatic amines is 1. The lowest BCUT2D eigenvalue weighted by molar-refractivity contribution is -0.139. The molecule has 0 bridgehead atoms. The number of aliphatic carboxylic acids is 1. The van der Waals surface area contributed by atoms with E-state index < -0.39 is 41.9 Å². The fourth-order valence-electron chi connectivity index (χ4n) is 6.50. The Hall–Kier alpha value is -4.92. The standard InChI is InChI=1S/C35H36N4O5/c1-19(2)17-27(34(42)43)37-32(40)24-10-6-8-12-28(24)39-33(41)29-18-25-23-9-5-7-11-26(23)36-30(25)31(38(29)35(39)44)22-15-13-21(14-16-22)20(3)4/h5-16,19-20,27,29,31,36H,17-18H2,1-4H3,(H,37,40)(H,42,43)/t27-,29+,31?/m1/s1. The van der Waals surface area contributed by atoms with Gasteiger partial charge in [0, 0.05) is 23.0 Å². The van der Waals surface area contributed by atoms with E-state index in [1.807, 2.05) is 50.2 Å². The molecule has 9 nitrogen and oxygen atoms in total. The zero-order valence-electron chi connectivity index (χ0n) is 25.2. The van der Waals surface area contributed by atoms with Gasteiger partial charge in [-0.25, -0.2) is 14.5 Å². The third-order valence-corrected chi connectivity index (χ3v) is 8.67. The topological polar surface area (TPSA) is 123 Å². The van der Waals surface area contributed by atoms with E-state index in [2.05, 4.69) is 36.3 Å². The van der Waals surface area contributed by atoms with Crippen molar-refractivity contribution in [3.63, 3.8) is 0 Å². The molecule has 1 unspecified atom stereocenters. The lowest BCUT2D eigenvalue weighted by Crippen LogP contribution is -2.44. The maximum Gasteiger partial charge on any atom is 0.332 e. The van der Waals surface area contributed by atoms with Crippen molar-refractivity contribution in [2.24, 2.45) is 5.92 Å². The molecule has 0 saturated carbocycles. The Bertz CT molecular complexity index is 1770. The van der Waals surface area contributed by atoms with Crippen LogP contribution in [0.1, 0.15) is 78.8 Å². The van der Waals surface area contributed by atoms with E-state index in [9.17, 15) is 24.3 Å². The Morgan fingerprint density at radius 1 is 0.955 bits per heavy atom. The molecule has 1 saturated heterocycles. The number of imide groups is 1. The van der Waals surface area contributed by atoms with E-state index in [0.29, 0.717) is 12.3 Å². The van der Waals surface area contributed by atoms with E-state index in [1.54, 1.807) is 23.1 Å². The number of aromatic nitrogens is 1. The maximum atomic E-state index is 14.4. The van der Waals surface area contributed by atoms with E-state index in [4.69, 9.17) is 0 Å². The lowest BCUT2D eigenvalue weighted by Gasteiger charge is -2.36. The number of anilines is 1. The molecule has 6 rings (SSSR count). The molecule has 2 aliphatic heterocycles. The van der Waals surface area contributed by atoms with Crippen LogP contribution < -0.4 is 10.2 Å². The van der Waals surface area contributed by atoms with Crippen molar-refractivity contribution in [1.29, 1.82) is 0 Å². The van der Waals surface area contributed by atoms with Gasteiger partial charge in [-0.1, -0.05) is 82.3 Å². The second-order valence-electron chi connectivity index (χ2n) is 12.4. The summed E-state index contributed by atoms with van der Waals surface area (Å²) in [6.45, 7) is 7.99. The molecule has 4 amide bonds. The predicted molar refractivity (Wildman–Crippen MR) is 168 cm³/mol.